The molecule has 0 radical (unpaired) electrons. The first-order valence-corrected chi connectivity index (χ1v) is 4.78. The van der Waals surface area contributed by atoms with E-state index in [-0.39, 0.29) is 37.5 Å². The Bertz CT molecular complexity index is 169. The summed E-state index contributed by atoms with van der Waals surface area (Å²) in [5, 5.41) is 20.1. The molecule has 0 aliphatic heterocycles. The fraction of sp³-hybridized carbons (Fsp3) is 0.889. The van der Waals surface area contributed by atoms with Gasteiger partial charge in [0.05, 0.1) is 25.2 Å². The molecule has 5 nitrogen and oxygen atoms in total. The summed E-state index contributed by atoms with van der Waals surface area (Å²) in [6, 6.07) is -0.588. The van der Waals surface area contributed by atoms with Gasteiger partial charge in [-0.15, -0.1) is 0 Å². The molecule has 5 heteroatoms. The van der Waals surface area contributed by atoms with Gasteiger partial charge in [-0.2, -0.15) is 0 Å². The number of aliphatic hydroxyl groups excluding tert-OH is 2. The SMILES string of the molecule is CC(C)C(CN)C(=O)NC(CO)CO. The number of amides is 1. The minimum atomic E-state index is -0.588. The van der Waals surface area contributed by atoms with Crippen molar-refractivity contribution >= 4 is 5.91 Å². The van der Waals surface area contributed by atoms with Crippen LogP contribution in [-0.4, -0.2) is 41.9 Å². The van der Waals surface area contributed by atoms with E-state index in [0.717, 1.165) is 0 Å². The van der Waals surface area contributed by atoms with Crippen molar-refractivity contribution in [3.05, 3.63) is 0 Å². The highest BCUT2D eigenvalue weighted by Gasteiger charge is 2.22. The second-order valence-corrected chi connectivity index (χ2v) is 3.66. The lowest BCUT2D eigenvalue weighted by atomic mass is 9.95. The van der Waals surface area contributed by atoms with Crippen LogP contribution in [0, 0.1) is 11.8 Å². The zero-order valence-corrected chi connectivity index (χ0v) is 8.73. The minimum Gasteiger partial charge on any atom is -0.394 e. The van der Waals surface area contributed by atoms with Crippen molar-refractivity contribution in [3.8, 4) is 0 Å². The molecule has 0 fully saturated rings. The van der Waals surface area contributed by atoms with Gasteiger partial charge in [-0.05, 0) is 5.92 Å². The molecule has 84 valence electrons. The van der Waals surface area contributed by atoms with E-state index in [1.54, 1.807) is 0 Å². The Morgan fingerprint density at radius 1 is 1.36 bits per heavy atom. The Morgan fingerprint density at radius 2 is 1.86 bits per heavy atom. The van der Waals surface area contributed by atoms with Crippen LogP contribution in [0.4, 0.5) is 0 Å². The lowest BCUT2D eigenvalue weighted by Crippen LogP contribution is -2.46. The summed E-state index contributed by atoms with van der Waals surface area (Å²) in [5.41, 5.74) is 5.45. The van der Waals surface area contributed by atoms with Crippen LogP contribution in [0.1, 0.15) is 13.8 Å². The molecule has 0 saturated heterocycles. The molecule has 0 aromatic heterocycles. The quantitative estimate of drug-likeness (QED) is 0.432. The molecule has 1 atom stereocenters. The van der Waals surface area contributed by atoms with E-state index in [4.69, 9.17) is 15.9 Å². The van der Waals surface area contributed by atoms with Crippen molar-refractivity contribution < 1.29 is 15.0 Å². The molecule has 0 aromatic carbocycles. The monoisotopic (exact) mass is 204 g/mol. The molecule has 0 aliphatic rings. The Balaban J connectivity index is 4.16. The smallest absolute Gasteiger partial charge is 0.225 e. The van der Waals surface area contributed by atoms with Crippen molar-refractivity contribution in [2.45, 2.75) is 19.9 Å². The average Bonchev–Trinajstić information content (AvgIpc) is 2.14. The summed E-state index contributed by atoms with van der Waals surface area (Å²) in [7, 11) is 0. The van der Waals surface area contributed by atoms with Crippen molar-refractivity contribution in [2.24, 2.45) is 17.6 Å². The Labute approximate surface area is 84.3 Å². The highest BCUT2D eigenvalue weighted by molar-refractivity contribution is 5.79. The maximum absolute atomic E-state index is 11.5. The van der Waals surface area contributed by atoms with E-state index in [9.17, 15) is 4.79 Å². The van der Waals surface area contributed by atoms with Crippen LogP contribution in [0.3, 0.4) is 0 Å². The van der Waals surface area contributed by atoms with E-state index in [1.807, 2.05) is 13.8 Å². The van der Waals surface area contributed by atoms with Gasteiger partial charge in [0, 0.05) is 6.54 Å². The van der Waals surface area contributed by atoms with Crippen LogP contribution < -0.4 is 11.1 Å². The number of carbonyl (C=O) groups excluding carboxylic acids is 1. The Hall–Kier alpha value is -0.650. The maximum Gasteiger partial charge on any atom is 0.225 e. The molecule has 5 N–H and O–H groups in total. The average molecular weight is 204 g/mol. The third-order valence-electron chi connectivity index (χ3n) is 2.18. The second-order valence-electron chi connectivity index (χ2n) is 3.66. The molecule has 0 aromatic rings. The van der Waals surface area contributed by atoms with Crippen LogP contribution in [0.15, 0.2) is 0 Å². The van der Waals surface area contributed by atoms with Crippen molar-refractivity contribution in [1.29, 1.82) is 0 Å². The Kier molecular flexibility index (Phi) is 6.44. The van der Waals surface area contributed by atoms with Crippen LogP contribution in [0.5, 0.6) is 0 Å². The number of nitrogens with one attached hydrogen (secondary N) is 1. The van der Waals surface area contributed by atoms with Crippen molar-refractivity contribution in [1.82, 2.24) is 5.32 Å². The third kappa shape index (κ3) is 4.04. The molecular formula is C9H20N2O3. The van der Waals surface area contributed by atoms with E-state index in [1.165, 1.54) is 0 Å². The van der Waals surface area contributed by atoms with E-state index < -0.39 is 6.04 Å². The van der Waals surface area contributed by atoms with Gasteiger partial charge in [0.25, 0.3) is 0 Å². The summed E-state index contributed by atoms with van der Waals surface area (Å²) < 4.78 is 0. The number of hydrogen-bond acceptors (Lipinski definition) is 4. The van der Waals surface area contributed by atoms with E-state index in [2.05, 4.69) is 5.32 Å². The van der Waals surface area contributed by atoms with Crippen LogP contribution >= 0.6 is 0 Å². The minimum absolute atomic E-state index is 0.151. The summed E-state index contributed by atoms with van der Waals surface area (Å²) in [6.07, 6.45) is 0. The van der Waals surface area contributed by atoms with E-state index >= 15 is 0 Å². The highest BCUT2D eigenvalue weighted by atomic mass is 16.3. The number of rotatable bonds is 6. The predicted octanol–water partition coefficient (Wildman–Crippen LogP) is -1.31. The largest absolute Gasteiger partial charge is 0.394 e. The lowest BCUT2D eigenvalue weighted by Gasteiger charge is -2.21. The molecule has 0 heterocycles. The van der Waals surface area contributed by atoms with Gasteiger partial charge in [-0.25, -0.2) is 0 Å². The second kappa shape index (κ2) is 6.75. The number of aliphatic hydroxyl groups is 2. The number of hydrogen-bond donors (Lipinski definition) is 4. The summed E-state index contributed by atoms with van der Waals surface area (Å²) in [4.78, 5) is 11.5. The van der Waals surface area contributed by atoms with Crippen LogP contribution in [0.25, 0.3) is 0 Å². The molecule has 0 bridgehead atoms. The lowest BCUT2D eigenvalue weighted by molar-refractivity contribution is -0.127. The topological polar surface area (TPSA) is 95.6 Å². The van der Waals surface area contributed by atoms with Crippen LogP contribution in [0.2, 0.25) is 0 Å². The molecule has 14 heavy (non-hydrogen) atoms. The zero-order chi connectivity index (χ0) is 11.1. The fourth-order valence-electron chi connectivity index (χ4n) is 1.14. The molecular weight excluding hydrogens is 184 g/mol. The normalized spacial score (nSPS) is 13.4. The van der Waals surface area contributed by atoms with Gasteiger partial charge in [-0.3, -0.25) is 4.79 Å². The molecule has 0 aliphatic carbocycles. The zero-order valence-electron chi connectivity index (χ0n) is 8.73. The number of carbonyl (C=O) groups is 1. The first kappa shape index (κ1) is 13.4. The molecule has 0 saturated carbocycles. The summed E-state index contributed by atoms with van der Waals surface area (Å²) in [6.45, 7) is 3.55. The van der Waals surface area contributed by atoms with Gasteiger partial charge in [0.2, 0.25) is 5.91 Å². The van der Waals surface area contributed by atoms with Gasteiger partial charge in [0.15, 0.2) is 0 Å². The van der Waals surface area contributed by atoms with Gasteiger partial charge in [0.1, 0.15) is 0 Å². The molecule has 1 unspecified atom stereocenters. The maximum atomic E-state index is 11.5. The number of nitrogens with two attached hydrogens (primary N) is 1. The fourth-order valence-corrected chi connectivity index (χ4v) is 1.14. The first-order valence-electron chi connectivity index (χ1n) is 4.78. The van der Waals surface area contributed by atoms with Crippen LogP contribution in [-0.2, 0) is 4.79 Å². The predicted molar refractivity (Wildman–Crippen MR) is 53.5 cm³/mol. The standard InChI is InChI=1S/C9H20N2O3/c1-6(2)8(3-10)9(14)11-7(4-12)5-13/h6-8,12-13H,3-5,10H2,1-2H3,(H,11,14). The molecule has 1 amide bonds. The van der Waals surface area contributed by atoms with Gasteiger partial charge < -0.3 is 21.3 Å². The van der Waals surface area contributed by atoms with Crippen molar-refractivity contribution in [2.75, 3.05) is 19.8 Å². The third-order valence-corrected chi connectivity index (χ3v) is 2.18. The first-order chi connectivity index (χ1) is 6.56. The van der Waals surface area contributed by atoms with Gasteiger partial charge in [-0.1, -0.05) is 13.8 Å². The molecule has 0 spiro atoms. The molecule has 0 rings (SSSR count). The Morgan fingerprint density at radius 3 is 2.14 bits per heavy atom. The highest BCUT2D eigenvalue weighted by Crippen LogP contribution is 2.09. The summed E-state index contributed by atoms with van der Waals surface area (Å²) >= 11 is 0. The van der Waals surface area contributed by atoms with E-state index in [0.29, 0.717) is 0 Å². The summed E-state index contributed by atoms with van der Waals surface area (Å²) in [5.74, 6) is -0.329. The van der Waals surface area contributed by atoms with Gasteiger partial charge >= 0.3 is 0 Å². The van der Waals surface area contributed by atoms with Crippen molar-refractivity contribution in [3.63, 3.8) is 0 Å².